The summed E-state index contributed by atoms with van der Waals surface area (Å²) < 4.78 is 16.5. The van der Waals surface area contributed by atoms with E-state index in [0.717, 1.165) is 50.5 Å². The molecule has 5 nitrogen and oxygen atoms in total. The Kier molecular flexibility index (Phi) is 11.2. The largest absolute Gasteiger partial charge is 0.496 e. The Morgan fingerprint density at radius 3 is 2.00 bits per heavy atom. The average Bonchev–Trinajstić information content (AvgIpc) is 2.59. The molecule has 0 aromatic heterocycles. The van der Waals surface area contributed by atoms with Crippen LogP contribution in [-0.2, 0) is 0 Å². The van der Waals surface area contributed by atoms with Gasteiger partial charge in [0.05, 0.1) is 21.3 Å². The van der Waals surface area contributed by atoms with Gasteiger partial charge in [0.25, 0.3) is 0 Å². The number of methoxy groups -OCH3 is 3. The van der Waals surface area contributed by atoms with Crippen molar-refractivity contribution in [2.24, 2.45) is 0 Å². The fourth-order valence-electron chi connectivity index (χ4n) is 3.12. The van der Waals surface area contributed by atoms with Gasteiger partial charge in [0.2, 0.25) is 0 Å². The zero-order valence-corrected chi connectivity index (χ0v) is 16.6. The number of halogens is 2. The van der Waals surface area contributed by atoms with Gasteiger partial charge in [-0.3, -0.25) is 4.90 Å². The number of hydrogen-bond acceptors (Lipinski definition) is 5. The van der Waals surface area contributed by atoms with Gasteiger partial charge in [0.15, 0.2) is 11.5 Å². The first-order valence-electron chi connectivity index (χ1n) is 7.99. The summed E-state index contributed by atoms with van der Waals surface area (Å²) in [4.78, 5) is 2.53. The molecule has 1 aliphatic heterocycles. The zero-order valence-electron chi connectivity index (χ0n) is 15.0. The lowest BCUT2D eigenvalue weighted by Gasteiger charge is -2.36. The number of piperazine rings is 1. The van der Waals surface area contributed by atoms with Crippen LogP contribution in [0.1, 0.15) is 31.4 Å². The molecule has 1 saturated heterocycles. The molecule has 1 aliphatic rings. The maximum absolute atomic E-state index is 5.63. The monoisotopic (exact) mass is 380 g/mol. The third-order valence-electron chi connectivity index (χ3n) is 4.25. The second-order valence-corrected chi connectivity index (χ2v) is 5.54. The first-order valence-corrected chi connectivity index (χ1v) is 7.99. The fraction of sp³-hybridized carbons (Fsp3) is 0.647. The molecule has 0 saturated carbocycles. The number of ether oxygens (including phenoxy) is 3. The smallest absolute Gasteiger partial charge is 0.164 e. The van der Waals surface area contributed by atoms with Gasteiger partial charge in [-0.05, 0) is 12.5 Å². The SMILES string of the molecule is CCC[C@@H](c1cc(OC)c(OC)cc1OC)N1CCNCC1.Cl.Cl. The van der Waals surface area contributed by atoms with Gasteiger partial charge in [-0.2, -0.15) is 0 Å². The average molecular weight is 381 g/mol. The van der Waals surface area contributed by atoms with E-state index < -0.39 is 0 Å². The van der Waals surface area contributed by atoms with Crippen molar-refractivity contribution >= 4 is 24.8 Å². The molecule has 1 atom stereocenters. The van der Waals surface area contributed by atoms with E-state index >= 15 is 0 Å². The van der Waals surface area contributed by atoms with E-state index in [9.17, 15) is 0 Å². The lowest BCUT2D eigenvalue weighted by molar-refractivity contribution is 0.161. The molecule has 0 radical (unpaired) electrons. The van der Waals surface area contributed by atoms with Crippen molar-refractivity contribution in [1.29, 1.82) is 0 Å². The molecule has 1 aromatic carbocycles. The van der Waals surface area contributed by atoms with Crippen LogP contribution in [0.25, 0.3) is 0 Å². The normalized spacial score (nSPS) is 15.7. The van der Waals surface area contributed by atoms with Gasteiger partial charge < -0.3 is 19.5 Å². The van der Waals surface area contributed by atoms with Gasteiger partial charge in [-0.1, -0.05) is 13.3 Å². The van der Waals surface area contributed by atoms with Crippen molar-refractivity contribution in [2.75, 3.05) is 47.5 Å². The van der Waals surface area contributed by atoms with Crippen LogP contribution < -0.4 is 19.5 Å². The van der Waals surface area contributed by atoms with Crippen LogP contribution in [0.3, 0.4) is 0 Å². The molecule has 1 aromatic rings. The van der Waals surface area contributed by atoms with Gasteiger partial charge in [0.1, 0.15) is 5.75 Å². The first-order chi connectivity index (χ1) is 10.7. The summed E-state index contributed by atoms with van der Waals surface area (Å²) in [5.74, 6) is 2.34. The summed E-state index contributed by atoms with van der Waals surface area (Å²) in [6.45, 7) is 6.42. The summed E-state index contributed by atoms with van der Waals surface area (Å²) in [5.41, 5.74) is 1.18. The molecule has 2 rings (SSSR count). The first kappa shape index (κ1) is 23.1. The van der Waals surface area contributed by atoms with Crippen molar-refractivity contribution in [3.05, 3.63) is 17.7 Å². The summed E-state index contributed by atoms with van der Waals surface area (Å²) in [5, 5.41) is 3.41. The molecule has 7 heteroatoms. The summed E-state index contributed by atoms with van der Waals surface area (Å²) in [6.07, 6.45) is 2.23. The predicted molar refractivity (Wildman–Crippen MR) is 103 cm³/mol. The molecule has 1 fully saturated rings. The van der Waals surface area contributed by atoms with E-state index in [1.54, 1.807) is 21.3 Å². The summed E-state index contributed by atoms with van der Waals surface area (Å²) in [6, 6.07) is 4.35. The highest BCUT2D eigenvalue weighted by molar-refractivity contribution is 5.85. The maximum atomic E-state index is 5.63. The molecule has 24 heavy (non-hydrogen) atoms. The maximum Gasteiger partial charge on any atom is 0.164 e. The molecule has 0 amide bonds. The molecule has 1 N–H and O–H groups in total. The minimum atomic E-state index is 0. The van der Waals surface area contributed by atoms with Crippen LogP contribution >= 0.6 is 24.8 Å². The Hall–Kier alpha value is -0.880. The van der Waals surface area contributed by atoms with E-state index in [-0.39, 0.29) is 24.8 Å². The summed E-state index contributed by atoms with van der Waals surface area (Å²) >= 11 is 0. The zero-order chi connectivity index (χ0) is 15.9. The molecular formula is C17H30Cl2N2O3. The quantitative estimate of drug-likeness (QED) is 0.785. The lowest BCUT2D eigenvalue weighted by Crippen LogP contribution is -2.45. The van der Waals surface area contributed by atoms with Crippen LogP contribution in [0.2, 0.25) is 0 Å². The molecular weight excluding hydrogens is 351 g/mol. The van der Waals surface area contributed by atoms with Crippen molar-refractivity contribution in [2.45, 2.75) is 25.8 Å². The van der Waals surface area contributed by atoms with Crippen molar-refractivity contribution in [3.8, 4) is 17.2 Å². The highest BCUT2D eigenvalue weighted by atomic mass is 35.5. The number of benzene rings is 1. The van der Waals surface area contributed by atoms with Gasteiger partial charge >= 0.3 is 0 Å². The number of nitrogens with one attached hydrogen (secondary N) is 1. The Labute approximate surface area is 157 Å². The number of nitrogens with zero attached hydrogens (tertiary/aromatic N) is 1. The molecule has 0 unspecified atom stereocenters. The highest BCUT2D eigenvalue weighted by Gasteiger charge is 2.26. The van der Waals surface area contributed by atoms with Crippen LogP contribution in [0, 0.1) is 0 Å². The molecule has 0 spiro atoms. The van der Waals surface area contributed by atoms with Gasteiger partial charge in [-0.15, -0.1) is 24.8 Å². The van der Waals surface area contributed by atoms with Crippen molar-refractivity contribution in [1.82, 2.24) is 10.2 Å². The van der Waals surface area contributed by atoms with Crippen LogP contribution in [0.4, 0.5) is 0 Å². The van der Waals surface area contributed by atoms with Gasteiger partial charge in [0, 0.05) is 43.9 Å². The second-order valence-electron chi connectivity index (χ2n) is 5.54. The van der Waals surface area contributed by atoms with Crippen LogP contribution in [-0.4, -0.2) is 52.4 Å². The molecule has 140 valence electrons. The molecule has 0 bridgehead atoms. The van der Waals surface area contributed by atoms with Crippen LogP contribution in [0.5, 0.6) is 17.2 Å². The van der Waals surface area contributed by atoms with E-state index in [2.05, 4.69) is 23.2 Å². The topological polar surface area (TPSA) is 43.0 Å². The molecule has 0 aliphatic carbocycles. The fourth-order valence-corrected chi connectivity index (χ4v) is 3.12. The Morgan fingerprint density at radius 2 is 1.50 bits per heavy atom. The van der Waals surface area contributed by atoms with Gasteiger partial charge in [-0.25, -0.2) is 0 Å². The Bertz CT molecular complexity index is 483. The Balaban J connectivity index is 0.00000264. The minimum Gasteiger partial charge on any atom is -0.496 e. The van der Waals surface area contributed by atoms with E-state index in [4.69, 9.17) is 14.2 Å². The second kappa shape index (κ2) is 11.6. The van der Waals surface area contributed by atoms with E-state index in [0.29, 0.717) is 11.8 Å². The minimum absolute atomic E-state index is 0. The highest BCUT2D eigenvalue weighted by Crippen LogP contribution is 2.40. The predicted octanol–water partition coefficient (Wildman–Crippen LogP) is 3.30. The lowest BCUT2D eigenvalue weighted by atomic mass is 9.98. The summed E-state index contributed by atoms with van der Waals surface area (Å²) in [7, 11) is 5.04. The third-order valence-corrected chi connectivity index (χ3v) is 4.25. The number of rotatable bonds is 7. The number of hydrogen-bond donors (Lipinski definition) is 1. The van der Waals surface area contributed by atoms with E-state index in [1.165, 1.54) is 5.56 Å². The van der Waals surface area contributed by atoms with E-state index in [1.807, 2.05) is 6.07 Å². The molecule has 1 heterocycles. The van der Waals surface area contributed by atoms with Crippen molar-refractivity contribution in [3.63, 3.8) is 0 Å². The third kappa shape index (κ3) is 5.31. The Morgan fingerprint density at radius 1 is 0.958 bits per heavy atom. The standard InChI is InChI=1S/C17H28N2O3.2ClH/c1-5-6-14(19-9-7-18-8-10-19)13-11-16(21-3)17(22-4)12-15(13)20-2;;/h11-12,14,18H,5-10H2,1-4H3;2*1H/t14-;;/m0../s1. The van der Waals surface area contributed by atoms with Crippen molar-refractivity contribution < 1.29 is 14.2 Å². The van der Waals surface area contributed by atoms with Crippen LogP contribution in [0.15, 0.2) is 12.1 Å².